The highest BCUT2D eigenvalue weighted by Gasteiger charge is 2.33. The summed E-state index contributed by atoms with van der Waals surface area (Å²) in [6.45, 7) is 4.40. The molecular weight excluding hydrogens is 333 g/mol. The number of alkyl halides is 3. The first kappa shape index (κ1) is 15.1. The van der Waals surface area contributed by atoms with Crippen LogP contribution in [0.15, 0.2) is 22.7 Å². The molecule has 0 saturated heterocycles. The fraction of sp³-hybridized carbons (Fsp3) is 0.357. The van der Waals surface area contributed by atoms with Crippen molar-refractivity contribution in [3.05, 3.63) is 33.9 Å². The molecule has 20 heavy (non-hydrogen) atoms. The van der Waals surface area contributed by atoms with E-state index >= 15 is 0 Å². The molecule has 0 radical (unpaired) electrons. The van der Waals surface area contributed by atoms with E-state index < -0.39 is 11.9 Å². The van der Waals surface area contributed by atoms with E-state index in [4.69, 9.17) is 0 Å². The van der Waals surface area contributed by atoms with Gasteiger partial charge in [-0.1, -0.05) is 19.1 Å². The molecule has 0 saturated carbocycles. The number of aryl methyl sites for hydroxylation is 1. The van der Waals surface area contributed by atoms with E-state index in [1.54, 1.807) is 6.07 Å². The van der Waals surface area contributed by atoms with Gasteiger partial charge in [0.15, 0.2) is 0 Å². The van der Waals surface area contributed by atoms with Crippen LogP contribution in [0.5, 0.6) is 0 Å². The molecule has 1 heterocycles. The van der Waals surface area contributed by atoms with Crippen LogP contribution in [-0.4, -0.2) is 11.5 Å². The molecule has 1 N–H and O–H groups in total. The predicted octanol–water partition coefficient (Wildman–Crippen LogP) is 5.15. The molecule has 0 atom stereocenters. The molecule has 0 unspecified atom stereocenters. The Hall–Kier alpha value is -1.30. The minimum absolute atomic E-state index is 0.332. The normalized spacial score (nSPS) is 11.9. The maximum Gasteiger partial charge on any atom is 0.433 e. The summed E-state index contributed by atoms with van der Waals surface area (Å²) in [5.41, 5.74) is 0.768. The SMILES string of the molecule is CCCNc1cc(C(F)(F)F)nc2c(Br)c(C)ccc12. The highest BCUT2D eigenvalue weighted by Crippen LogP contribution is 2.36. The van der Waals surface area contributed by atoms with Crippen LogP contribution in [0.25, 0.3) is 10.9 Å². The lowest BCUT2D eigenvalue weighted by Gasteiger charge is -2.14. The Morgan fingerprint density at radius 1 is 1.30 bits per heavy atom. The lowest BCUT2D eigenvalue weighted by molar-refractivity contribution is -0.140. The third-order valence-electron chi connectivity index (χ3n) is 2.97. The van der Waals surface area contributed by atoms with Crippen molar-refractivity contribution in [2.45, 2.75) is 26.4 Å². The average molecular weight is 347 g/mol. The number of aromatic nitrogens is 1. The van der Waals surface area contributed by atoms with Crippen LogP contribution in [-0.2, 0) is 6.18 Å². The first-order chi connectivity index (χ1) is 9.34. The zero-order valence-electron chi connectivity index (χ0n) is 11.1. The van der Waals surface area contributed by atoms with E-state index in [9.17, 15) is 13.2 Å². The molecule has 2 rings (SSSR count). The summed E-state index contributed by atoms with van der Waals surface area (Å²) in [5.74, 6) is 0. The summed E-state index contributed by atoms with van der Waals surface area (Å²) in [6.07, 6.45) is -3.63. The molecule has 0 fully saturated rings. The Labute approximate surface area is 123 Å². The number of halogens is 4. The quantitative estimate of drug-likeness (QED) is 0.831. The second kappa shape index (κ2) is 5.60. The number of nitrogens with one attached hydrogen (secondary N) is 1. The second-order valence-electron chi connectivity index (χ2n) is 4.57. The Kier molecular flexibility index (Phi) is 4.22. The largest absolute Gasteiger partial charge is 0.433 e. The summed E-state index contributed by atoms with van der Waals surface area (Å²) >= 11 is 3.33. The van der Waals surface area contributed by atoms with Crippen molar-refractivity contribution >= 4 is 32.5 Å². The van der Waals surface area contributed by atoms with Crippen molar-refractivity contribution < 1.29 is 13.2 Å². The highest BCUT2D eigenvalue weighted by atomic mass is 79.9. The highest BCUT2D eigenvalue weighted by molar-refractivity contribution is 9.10. The molecule has 0 bridgehead atoms. The monoisotopic (exact) mass is 346 g/mol. The Morgan fingerprint density at radius 3 is 2.60 bits per heavy atom. The smallest absolute Gasteiger partial charge is 0.384 e. The summed E-state index contributed by atoms with van der Waals surface area (Å²) < 4.78 is 39.4. The lowest BCUT2D eigenvalue weighted by atomic mass is 10.1. The maximum absolute atomic E-state index is 12.9. The van der Waals surface area contributed by atoms with E-state index in [-0.39, 0.29) is 0 Å². The van der Waals surface area contributed by atoms with Gasteiger partial charge in [0.1, 0.15) is 5.69 Å². The first-order valence-corrected chi connectivity index (χ1v) is 7.04. The standard InChI is InChI=1S/C14H14BrF3N2/c1-3-6-19-10-7-11(14(16,17)18)20-13-9(10)5-4-8(2)12(13)15/h4-5,7H,3,6H2,1-2H3,(H,19,20). The molecule has 6 heteroatoms. The van der Waals surface area contributed by atoms with Gasteiger partial charge in [-0.25, -0.2) is 4.98 Å². The average Bonchev–Trinajstić information content (AvgIpc) is 2.39. The van der Waals surface area contributed by atoms with Gasteiger partial charge in [-0.3, -0.25) is 0 Å². The van der Waals surface area contributed by atoms with Crippen molar-refractivity contribution in [2.75, 3.05) is 11.9 Å². The van der Waals surface area contributed by atoms with Crippen molar-refractivity contribution in [3.63, 3.8) is 0 Å². The number of rotatable bonds is 3. The number of hydrogen-bond donors (Lipinski definition) is 1. The minimum atomic E-state index is -4.46. The van der Waals surface area contributed by atoms with Crippen LogP contribution in [0.2, 0.25) is 0 Å². The van der Waals surface area contributed by atoms with Crippen molar-refractivity contribution in [2.24, 2.45) is 0 Å². The van der Waals surface area contributed by atoms with Crippen LogP contribution < -0.4 is 5.32 Å². The van der Waals surface area contributed by atoms with E-state index in [2.05, 4.69) is 26.2 Å². The Bertz CT molecular complexity index is 638. The fourth-order valence-electron chi connectivity index (χ4n) is 1.91. The predicted molar refractivity (Wildman–Crippen MR) is 78.0 cm³/mol. The van der Waals surface area contributed by atoms with Gasteiger partial charge in [-0.05, 0) is 40.9 Å². The Balaban J connectivity index is 2.71. The van der Waals surface area contributed by atoms with E-state index in [0.29, 0.717) is 27.6 Å². The van der Waals surface area contributed by atoms with Gasteiger partial charge in [0.2, 0.25) is 0 Å². The molecule has 2 nitrogen and oxygen atoms in total. The Morgan fingerprint density at radius 2 is 2.00 bits per heavy atom. The van der Waals surface area contributed by atoms with Crippen LogP contribution in [0, 0.1) is 6.92 Å². The number of fused-ring (bicyclic) bond motifs is 1. The van der Waals surface area contributed by atoms with Gasteiger partial charge in [-0.2, -0.15) is 13.2 Å². The van der Waals surface area contributed by atoms with Crippen LogP contribution in [0.4, 0.5) is 18.9 Å². The summed E-state index contributed by atoms with van der Waals surface area (Å²) in [4.78, 5) is 3.76. The van der Waals surface area contributed by atoms with E-state index in [0.717, 1.165) is 18.1 Å². The number of benzene rings is 1. The topological polar surface area (TPSA) is 24.9 Å². The fourth-order valence-corrected chi connectivity index (χ4v) is 2.34. The van der Waals surface area contributed by atoms with Gasteiger partial charge in [0.05, 0.1) is 5.52 Å². The minimum Gasteiger partial charge on any atom is -0.384 e. The van der Waals surface area contributed by atoms with Crippen molar-refractivity contribution in [1.82, 2.24) is 4.98 Å². The molecular formula is C14H14BrF3N2. The zero-order chi connectivity index (χ0) is 14.9. The van der Waals surface area contributed by atoms with Crippen LogP contribution in [0.3, 0.4) is 0 Å². The number of anilines is 1. The molecule has 0 amide bonds. The van der Waals surface area contributed by atoms with Crippen molar-refractivity contribution in [3.8, 4) is 0 Å². The van der Waals surface area contributed by atoms with Gasteiger partial charge >= 0.3 is 6.18 Å². The zero-order valence-corrected chi connectivity index (χ0v) is 12.7. The van der Waals surface area contributed by atoms with Crippen molar-refractivity contribution in [1.29, 1.82) is 0 Å². The van der Waals surface area contributed by atoms with Gasteiger partial charge in [0.25, 0.3) is 0 Å². The number of pyridine rings is 1. The molecule has 2 aromatic rings. The summed E-state index contributed by atoms with van der Waals surface area (Å²) in [5, 5.41) is 3.72. The third-order valence-corrected chi connectivity index (χ3v) is 3.97. The van der Waals surface area contributed by atoms with Gasteiger partial charge in [0, 0.05) is 22.1 Å². The number of hydrogen-bond acceptors (Lipinski definition) is 2. The summed E-state index contributed by atoms with van der Waals surface area (Å²) in [6, 6.07) is 4.72. The van der Waals surface area contributed by atoms with E-state index in [1.807, 2.05) is 19.9 Å². The maximum atomic E-state index is 12.9. The van der Waals surface area contributed by atoms with Crippen LogP contribution >= 0.6 is 15.9 Å². The van der Waals surface area contributed by atoms with E-state index in [1.165, 1.54) is 0 Å². The first-order valence-electron chi connectivity index (χ1n) is 6.25. The molecule has 1 aromatic heterocycles. The molecule has 108 valence electrons. The van der Waals surface area contributed by atoms with Crippen LogP contribution in [0.1, 0.15) is 24.6 Å². The molecule has 1 aromatic carbocycles. The van der Waals surface area contributed by atoms with Gasteiger partial charge < -0.3 is 5.32 Å². The summed E-state index contributed by atoms with van der Waals surface area (Å²) in [7, 11) is 0. The third kappa shape index (κ3) is 2.90. The molecule has 0 aliphatic rings. The molecule has 0 aliphatic carbocycles. The molecule has 0 aliphatic heterocycles. The molecule has 0 spiro atoms. The van der Waals surface area contributed by atoms with Gasteiger partial charge in [-0.15, -0.1) is 0 Å². The number of nitrogens with zero attached hydrogens (tertiary/aromatic N) is 1. The lowest BCUT2D eigenvalue weighted by Crippen LogP contribution is -2.10. The second-order valence-corrected chi connectivity index (χ2v) is 5.37.